The average molecular weight is 1140 g/mol. The molecule has 0 heterocycles. The Hall–Kier alpha value is -4.07. The minimum absolute atomic E-state index is 0.00246. The normalized spacial score (nSPS) is 15.5. The van der Waals surface area contributed by atoms with E-state index in [1.165, 1.54) is 21.3 Å². The Labute approximate surface area is 476 Å². The Kier molecular flexibility index (Phi) is 31.6. The predicted molar refractivity (Wildman–Crippen MR) is 307 cm³/mol. The summed E-state index contributed by atoms with van der Waals surface area (Å²) in [5.41, 5.74) is -8.44. The highest BCUT2D eigenvalue weighted by Gasteiger charge is 2.56. The number of thiocarbonyl (C=S) groups is 1. The van der Waals surface area contributed by atoms with Gasteiger partial charge in [-0.1, -0.05) is 56.4 Å². The lowest BCUT2D eigenvalue weighted by Crippen LogP contribution is -2.49. The van der Waals surface area contributed by atoms with E-state index >= 15 is 14.4 Å². The molecule has 20 heteroatoms. The molecule has 0 fully saturated rings. The molecule has 1 N–H and O–H groups in total. The van der Waals surface area contributed by atoms with Gasteiger partial charge in [-0.05, 0) is 121 Å². The number of benzene rings is 1. The number of carbonyl (C=O) groups is 6. The number of thioether (sulfide) groups is 1. The van der Waals surface area contributed by atoms with Crippen LogP contribution in [-0.2, 0) is 66.7 Å². The Morgan fingerprint density at radius 2 is 1.03 bits per heavy atom. The summed E-state index contributed by atoms with van der Waals surface area (Å²) in [5, 5.41) is 11.9. The number of esters is 4. The highest BCUT2D eigenvalue weighted by atomic mass is 32.2. The highest BCUT2D eigenvalue weighted by Crippen LogP contribution is 2.53. The van der Waals surface area contributed by atoms with Crippen LogP contribution < -0.4 is 5.32 Å². The topological polar surface area (TPSA) is 219 Å². The largest absolute Gasteiger partial charge is 0.464 e. The van der Waals surface area contributed by atoms with Gasteiger partial charge >= 0.3 is 23.9 Å². The third-order valence-corrected chi connectivity index (χ3v) is 15.3. The van der Waals surface area contributed by atoms with Crippen molar-refractivity contribution in [1.82, 2.24) is 15.1 Å². The van der Waals surface area contributed by atoms with Gasteiger partial charge in [0.15, 0.2) is 0 Å². The van der Waals surface area contributed by atoms with E-state index in [0.29, 0.717) is 36.1 Å². The van der Waals surface area contributed by atoms with Crippen molar-refractivity contribution in [3.63, 3.8) is 0 Å². The molecule has 0 spiro atoms. The molecule has 0 saturated carbocycles. The zero-order valence-electron chi connectivity index (χ0n) is 50.2. The van der Waals surface area contributed by atoms with Crippen LogP contribution in [0.15, 0.2) is 30.3 Å². The second-order valence-electron chi connectivity index (χ2n) is 23.5. The van der Waals surface area contributed by atoms with Gasteiger partial charge < -0.3 is 48.1 Å². The third-order valence-electron chi connectivity index (χ3n) is 13.6. The molecule has 0 radical (unpaired) electrons. The number of Topliss-reactive ketones (excluding diaryl/α,β-unsaturated/α-hetero) is 1. The van der Waals surface area contributed by atoms with E-state index in [4.69, 9.17) is 50.1 Å². The van der Waals surface area contributed by atoms with Crippen LogP contribution in [0.5, 0.6) is 0 Å². The lowest BCUT2D eigenvalue weighted by Gasteiger charge is -2.44. The van der Waals surface area contributed by atoms with Gasteiger partial charge in [0.05, 0.1) is 87.6 Å². The zero-order valence-corrected chi connectivity index (χ0v) is 51.9. The van der Waals surface area contributed by atoms with Crippen LogP contribution in [0, 0.1) is 43.8 Å². The number of likely N-dealkylation sites (N-methyl/N-ethyl adjacent to an activating group) is 1. The molecule has 1 aromatic rings. The molecule has 0 saturated heterocycles. The summed E-state index contributed by atoms with van der Waals surface area (Å²) in [4.78, 5) is 92.5. The Morgan fingerprint density at radius 3 is 1.45 bits per heavy atom. The van der Waals surface area contributed by atoms with E-state index in [0.717, 1.165) is 11.8 Å². The molecule has 1 aromatic carbocycles. The van der Waals surface area contributed by atoms with E-state index in [1.54, 1.807) is 55.4 Å². The summed E-state index contributed by atoms with van der Waals surface area (Å²) in [7, 11) is 8.22. The molecule has 0 bridgehead atoms. The van der Waals surface area contributed by atoms with Crippen LogP contribution in [0.3, 0.4) is 0 Å². The average Bonchev–Trinajstić information content (AvgIpc) is 3.35. The number of nitriles is 1. The molecule has 18 nitrogen and oxygen atoms in total. The Balaban J connectivity index is 4.44. The number of amides is 1. The van der Waals surface area contributed by atoms with Crippen molar-refractivity contribution in [1.29, 1.82) is 5.26 Å². The number of nitrogens with one attached hydrogen (secondary N) is 1. The number of hydrogen-bond donors (Lipinski definition) is 1. The van der Waals surface area contributed by atoms with E-state index in [1.807, 2.05) is 77.0 Å². The van der Waals surface area contributed by atoms with E-state index in [2.05, 4.69) is 16.3 Å². The van der Waals surface area contributed by atoms with E-state index in [9.17, 15) is 19.6 Å². The van der Waals surface area contributed by atoms with Crippen LogP contribution in [-0.4, -0.2) is 181 Å². The summed E-state index contributed by atoms with van der Waals surface area (Å²) in [6.45, 7) is 22.7. The molecular weight excluding hydrogens is 1040 g/mol. The number of methoxy groups -OCH3 is 2. The van der Waals surface area contributed by atoms with Gasteiger partial charge in [0.1, 0.15) is 32.2 Å². The molecule has 0 aromatic heterocycles. The van der Waals surface area contributed by atoms with Gasteiger partial charge in [-0.15, -0.1) is 11.8 Å². The minimum Gasteiger partial charge on any atom is -0.464 e. The van der Waals surface area contributed by atoms with Crippen molar-refractivity contribution >= 4 is 63.7 Å². The van der Waals surface area contributed by atoms with E-state index in [-0.39, 0.29) is 115 Å². The van der Waals surface area contributed by atoms with Crippen molar-refractivity contribution in [2.24, 2.45) is 32.5 Å². The monoisotopic (exact) mass is 1140 g/mol. The van der Waals surface area contributed by atoms with Crippen molar-refractivity contribution in [3.05, 3.63) is 35.9 Å². The van der Waals surface area contributed by atoms with Gasteiger partial charge in [0.2, 0.25) is 5.91 Å². The summed E-state index contributed by atoms with van der Waals surface area (Å²) >= 11 is 7.06. The second-order valence-corrected chi connectivity index (χ2v) is 25.4. The molecule has 1 amide bonds. The van der Waals surface area contributed by atoms with Crippen LogP contribution >= 0.6 is 24.0 Å². The molecule has 444 valence electrons. The molecule has 0 aliphatic heterocycles. The number of nitrogens with zero attached hydrogens (tertiary/aromatic N) is 3. The fourth-order valence-corrected chi connectivity index (χ4v) is 11.7. The predicted octanol–water partition coefficient (Wildman–Crippen LogP) is 7.90. The third kappa shape index (κ3) is 24.7. The van der Waals surface area contributed by atoms with Crippen molar-refractivity contribution in [2.75, 3.05) is 115 Å². The first-order chi connectivity index (χ1) is 36.3. The first kappa shape index (κ1) is 71.9. The second kappa shape index (κ2) is 34.3. The molecule has 0 aliphatic rings. The Bertz CT molecular complexity index is 2090. The molecule has 1 rings (SSSR count). The summed E-state index contributed by atoms with van der Waals surface area (Å²) in [5.74, 6) is -3.74. The van der Waals surface area contributed by atoms with E-state index < -0.39 is 61.6 Å². The van der Waals surface area contributed by atoms with Gasteiger partial charge in [-0.25, -0.2) is 0 Å². The molecule has 5 unspecified atom stereocenters. The smallest absolute Gasteiger partial charge is 0.311 e. The number of hydrogen-bond acceptors (Lipinski definition) is 19. The first-order valence-electron chi connectivity index (χ1n) is 27.0. The number of carbonyl (C=O) groups excluding carboxylic acids is 6. The quantitative estimate of drug-likeness (QED) is 0.0286. The summed E-state index contributed by atoms with van der Waals surface area (Å²) < 4.78 is 46.1. The summed E-state index contributed by atoms with van der Waals surface area (Å²) in [6, 6.07) is 11.6. The molecular formula is C58H96N4O14S2. The van der Waals surface area contributed by atoms with Crippen LogP contribution in [0.2, 0.25) is 0 Å². The van der Waals surface area contributed by atoms with Gasteiger partial charge in [0, 0.05) is 52.9 Å². The lowest BCUT2D eigenvalue weighted by molar-refractivity contribution is -0.174. The zero-order chi connectivity index (χ0) is 59.5. The maximum Gasteiger partial charge on any atom is 0.311 e. The SMILES string of the molecule is CNC(=O)C(C)(C)CC(=O)C(CC(C)(CC(C)(CC(C)(CC(C)(CC(C)(C)C#N)C(=O)OCCN(C)C)C(=O)OCCOCCOC)C(=O)OCCOCCOC)C(=O)OCCN(C(C)C)C(C)C)SC(=S)c1ccccc1. The summed E-state index contributed by atoms with van der Waals surface area (Å²) in [6.07, 6.45) is -1.54. The standard InChI is InChI=1S/C58H96N4O14S2/c1-42(2)62(43(3)4)24-26-74-49(65)55(9,36-46(45(63)35-54(7,8)48(64)60-13)78-47(77)44-21-19-18-20-22-44)38-57(11,51(67)75-33-31-71-29-27-69-16)40-58(12,52(68)76-34-32-72-30-28-70-17)39-56(10,37-53(5,6)41-59)50(66)73-25-23-61(14)15/h18-22,42-43,46H,23-40H2,1-17H3,(H,60,64). The maximum atomic E-state index is 15.4. The van der Waals surface area contributed by atoms with Crippen LogP contribution in [0.25, 0.3) is 0 Å². The van der Waals surface area contributed by atoms with Gasteiger partial charge in [-0.2, -0.15) is 5.26 Å². The highest BCUT2D eigenvalue weighted by molar-refractivity contribution is 8.24. The van der Waals surface area contributed by atoms with Crippen molar-refractivity contribution in [3.8, 4) is 6.07 Å². The van der Waals surface area contributed by atoms with Gasteiger partial charge in [-0.3, -0.25) is 33.7 Å². The lowest BCUT2D eigenvalue weighted by atomic mass is 9.59. The molecule has 78 heavy (non-hydrogen) atoms. The molecule has 5 atom stereocenters. The van der Waals surface area contributed by atoms with Crippen molar-refractivity contribution < 1.29 is 66.7 Å². The van der Waals surface area contributed by atoms with Gasteiger partial charge in [0.25, 0.3) is 0 Å². The van der Waals surface area contributed by atoms with Crippen LogP contribution in [0.1, 0.15) is 127 Å². The maximum absolute atomic E-state index is 15.4. The van der Waals surface area contributed by atoms with Crippen molar-refractivity contribution in [2.45, 2.75) is 139 Å². The Morgan fingerprint density at radius 1 is 0.615 bits per heavy atom. The fourth-order valence-electron chi connectivity index (χ4n) is 10.1. The number of ketones is 1. The fraction of sp³-hybridized carbons (Fsp3) is 0.759. The molecule has 0 aliphatic carbocycles. The first-order valence-corrected chi connectivity index (χ1v) is 28.2. The van der Waals surface area contributed by atoms with Crippen LogP contribution in [0.4, 0.5) is 0 Å². The number of rotatable bonds is 40. The minimum atomic E-state index is -1.81. The number of ether oxygens (including phenoxy) is 8.